The maximum atomic E-state index is 13.4. The van der Waals surface area contributed by atoms with Gasteiger partial charge >= 0.3 is 6.09 Å². The van der Waals surface area contributed by atoms with Crippen molar-refractivity contribution in [2.24, 2.45) is 11.8 Å². The molecule has 1 atom stereocenters. The summed E-state index contributed by atoms with van der Waals surface area (Å²) < 4.78 is 5.69. The molecule has 0 aromatic rings. The first-order valence-electron chi connectivity index (χ1n) is 12.4. The van der Waals surface area contributed by atoms with Crippen molar-refractivity contribution in [1.29, 1.82) is 0 Å². The lowest BCUT2D eigenvalue weighted by molar-refractivity contribution is -0.147. The molecular formula is C24H44N4O3. The van der Waals surface area contributed by atoms with Crippen LogP contribution in [-0.4, -0.2) is 89.8 Å². The monoisotopic (exact) mass is 436 g/mol. The summed E-state index contributed by atoms with van der Waals surface area (Å²) in [5.74, 6) is 1.59. The van der Waals surface area contributed by atoms with Crippen LogP contribution in [0, 0.1) is 11.8 Å². The van der Waals surface area contributed by atoms with Gasteiger partial charge in [0.25, 0.3) is 0 Å². The first-order valence-corrected chi connectivity index (χ1v) is 12.4. The standard InChI is InChI=1S/C24H44N4O3/c1-19(28(23(30)31-24(2,3)4)27-13-7-6-8-14-27)22(29)26-17-11-21(12-18-26)20-9-15-25(5)16-10-20/h19-21H,6-18H2,1-5H3/t19-/m1/s1. The second kappa shape index (κ2) is 10.5. The minimum Gasteiger partial charge on any atom is -0.443 e. The summed E-state index contributed by atoms with van der Waals surface area (Å²) in [5, 5.41) is 3.64. The van der Waals surface area contributed by atoms with E-state index in [1.807, 2.05) is 37.6 Å². The summed E-state index contributed by atoms with van der Waals surface area (Å²) >= 11 is 0. The molecule has 0 aliphatic carbocycles. The minimum absolute atomic E-state index is 0.0539. The SMILES string of the molecule is C[C@H](C(=O)N1CCC(C2CCN(C)CC2)CC1)N(C(=O)OC(C)(C)C)N1CCCCC1. The molecule has 0 N–H and O–H groups in total. The molecule has 0 bridgehead atoms. The van der Waals surface area contributed by atoms with E-state index < -0.39 is 17.7 Å². The van der Waals surface area contributed by atoms with Crippen molar-refractivity contribution in [2.75, 3.05) is 46.3 Å². The summed E-state index contributed by atoms with van der Waals surface area (Å²) in [6.07, 6.45) is 7.60. The van der Waals surface area contributed by atoms with E-state index in [0.29, 0.717) is 0 Å². The van der Waals surface area contributed by atoms with Gasteiger partial charge in [0, 0.05) is 26.2 Å². The van der Waals surface area contributed by atoms with Crippen LogP contribution in [-0.2, 0) is 9.53 Å². The van der Waals surface area contributed by atoms with Crippen molar-refractivity contribution in [2.45, 2.75) is 84.3 Å². The first-order chi connectivity index (χ1) is 14.7. The summed E-state index contributed by atoms with van der Waals surface area (Å²) in [7, 11) is 2.21. The van der Waals surface area contributed by atoms with Gasteiger partial charge in [-0.3, -0.25) is 4.79 Å². The minimum atomic E-state index is -0.583. The topological polar surface area (TPSA) is 56.3 Å². The van der Waals surface area contributed by atoms with Crippen LogP contribution in [0.2, 0.25) is 0 Å². The molecule has 0 radical (unpaired) electrons. The van der Waals surface area contributed by atoms with Gasteiger partial charge in [-0.1, -0.05) is 6.42 Å². The van der Waals surface area contributed by atoms with Gasteiger partial charge in [0.05, 0.1) is 0 Å². The fourth-order valence-corrected chi connectivity index (χ4v) is 5.38. The largest absolute Gasteiger partial charge is 0.443 e. The number of hydrogen-bond acceptors (Lipinski definition) is 5. The summed E-state index contributed by atoms with van der Waals surface area (Å²) in [6, 6.07) is -0.534. The van der Waals surface area contributed by atoms with Gasteiger partial charge in [0.15, 0.2) is 0 Å². The van der Waals surface area contributed by atoms with E-state index in [2.05, 4.69) is 11.9 Å². The average Bonchev–Trinajstić information content (AvgIpc) is 2.73. The van der Waals surface area contributed by atoms with Crippen LogP contribution in [0.4, 0.5) is 4.79 Å². The predicted octanol–water partition coefficient (Wildman–Crippen LogP) is 3.59. The lowest BCUT2D eigenvalue weighted by atomic mass is 9.79. The van der Waals surface area contributed by atoms with E-state index in [0.717, 1.165) is 63.7 Å². The van der Waals surface area contributed by atoms with E-state index >= 15 is 0 Å². The number of rotatable bonds is 4. The Hall–Kier alpha value is -1.34. The van der Waals surface area contributed by atoms with E-state index in [4.69, 9.17) is 4.74 Å². The number of nitrogens with zero attached hydrogens (tertiary/aromatic N) is 4. The lowest BCUT2D eigenvalue weighted by Gasteiger charge is -2.43. The molecule has 0 aromatic heterocycles. The molecule has 3 saturated heterocycles. The molecule has 31 heavy (non-hydrogen) atoms. The van der Waals surface area contributed by atoms with Gasteiger partial charge in [-0.25, -0.2) is 14.8 Å². The zero-order valence-corrected chi connectivity index (χ0v) is 20.4. The number of amides is 2. The van der Waals surface area contributed by atoms with Crippen LogP contribution in [0.1, 0.15) is 72.6 Å². The van der Waals surface area contributed by atoms with Gasteiger partial charge in [0.2, 0.25) is 5.91 Å². The highest BCUT2D eigenvalue weighted by Crippen LogP contribution is 2.32. The Labute approximate surface area is 189 Å². The smallest absolute Gasteiger partial charge is 0.425 e. The third kappa shape index (κ3) is 6.58. The Morgan fingerprint density at radius 2 is 1.39 bits per heavy atom. The van der Waals surface area contributed by atoms with Crippen molar-refractivity contribution in [3.8, 4) is 0 Å². The maximum Gasteiger partial charge on any atom is 0.425 e. The normalized spacial score (nSPS) is 24.1. The number of carbonyl (C=O) groups excluding carboxylic acids is 2. The lowest BCUT2D eigenvalue weighted by Crippen LogP contribution is -2.59. The Morgan fingerprint density at radius 1 is 0.871 bits per heavy atom. The molecule has 0 unspecified atom stereocenters. The maximum absolute atomic E-state index is 13.4. The predicted molar refractivity (Wildman–Crippen MR) is 122 cm³/mol. The molecule has 3 fully saturated rings. The third-order valence-corrected chi connectivity index (χ3v) is 7.22. The van der Waals surface area contributed by atoms with E-state index in [1.165, 1.54) is 32.4 Å². The Bertz CT molecular complexity index is 598. The molecule has 7 nitrogen and oxygen atoms in total. The molecule has 3 rings (SSSR count). The zero-order chi connectivity index (χ0) is 22.6. The molecule has 7 heteroatoms. The first kappa shape index (κ1) is 24.3. The number of hydrogen-bond donors (Lipinski definition) is 0. The quantitative estimate of drug-likeness (QED) is 0.674. The highest BCUT2D eigenvalue weighted by molar-refractivity contribution is 5.85. The van der Waals surface area contributed by atoms with Crippen molar-refractivity contribution >= 4 is 12.0 Å². The molecule has 178 valence electrons. The summed E-state index contributed by atoms with van der Waals surface area (Å²) in [5.41, 5.74) is -0.583. The number of carbonyl (C=O) groups is 2. The van der Waals surface area contributed by atoms with Crippen molar-refractivity contribution in [3.05, 3.63) is 0 Å². The Balaban J connectivity index is 1.60. The molecule has 2 amide bonds. The van der Waals surface area contributed by atoms with E-state index in [1.54, 1.807) is 5.01 Å². The van der Waals surface area contributed by atoms with Gasteiger partial charge in [-0.15, -0.1) is 0 Å². The molecule has 3 aliphatic heterocycles. The Kier molecular flexibility index (Phi) is 8.25. The number of piperidine rings is 3. The fraction of sp³-hybridized carbons (Fsp3) is 0.917. The van der Waals surface area contributed by atoms with Crippen molar-refractivity contribution in [1.82, 2.24) is 19.8 Å². The molecule has 0 aromatic carbocycles. The molecule has 0 spiro atoms. The second-order valence-electron chi connectivity index (χ2n) is 10.8. The fourth-order valence-electron chi connectivity index (χ4n) is 5.38. The number of likely N-dealkylation sites (tertiary alicyclic amines) is 2. The van der Waals surface area contributed by atoms with Crippen molar-refractivity contribution < 1.29 is 14.3 Å². The van der Waals surface area contributed by atoms with Crippen LogP contribution in [0.25, 0.3) is 0 Å². The van der Waals surface area contributed by atoms with Gasteiger partial charge < -0.3 is 14.5 Å². The number of ether oxygens (including phenoxy) is 1. The summed E-state index contributed by atoms with van der Waals surface area (Å²) in [6.45, 7) is 13.1. The third-order valence-electron chi connectivity index (χ3n) is 7.22. The van der Waals surface area contributed by atoms with E-state index in [-0.39, 0.29) is 5.91 Å². The second-order valence-corrected chi connectivity index (χ2v) is 10.8. The van der Waals surface area contributed by atoms with E-state index in [9.17, 15) is 9.59 Å². The number of hydrazine groups is 1. The van der Waals surface area contributed by atoms with Crippen LogP contribution in [0.15, 0.2) is 0 Å². The van der Waals surface area contributed by atoms with Crippen LogP contribution in [0.3, 0.4) is 0 Å². The van der Waals surface area contributed by atoms with Crippen LogP contribution in [0.5, 0.6) is 0 Å². The molecular weight excluding hydrogens is 392 g/mol. The van der Waals surface area contributed by atoms with Gasteiger partial charge in [0.1, 0.15) is 11.6 Å². The molecule has 3 aliphatic rings. The summed E-state index contributed by atoms with van der Waals surface area (Å²) in [4.78, 5) is 30.9. The van der Waals surface area contributed by atoms with Gasteiger partial charge in [-0.05, 0) is 98.2 Å². The highest BCUT2D eigenvalue weighted by Gasteiger charge is 2.38. The zero-order valence-electron chi connectivity index (χ0n) is 20.4. The van der Waals surface area contributed by atoms with Crippen LogP contribution < -0.4 is 0 Å². The van der Waals surface area contributed by atoms with Crippen molar-refractivity contribution in [3.63, 3.8) is 0 Å². The van der Waals surface area contributed by atoms with Crippen LogP contribution >= 0.6 is 0 Å². The molecule has 3 heterocycles. The van der Waals surface area contributed by atoms with Gasteiger partial charge in [-0.2, -0.15) is 0 Å². The average molecular weight is 437 g/mol. The Morgan fingerprint density at radius 3 is 1.90 bits per heavy atom. The molecule has 0 saturated carbocycles. The highest BCUT2D eigenvalue weighted by atomic mass is 16.6.